The molecule has 3 rings (SSSR count). The molecule has 3 aromatic rings. The minimum atomic E-state index is -6.09. The molecule has 0 aliphatic carbocycles. The molecule has 0 spiro atoms. The Hall–Kier alpha value is -2.45. The highest BCUT2D eigenvalue weighted by atomic mass is 32.2. The summed E-state index contributed by atoms with van der Waals surface area (Å²) in [4.78, 5) is 0. The average Bonchev–Trinajstić information content (AvgIpc) is 2.60. The molecule has 0 saturated heterocycles. The first-order valence-corrected chi connectivity index (χ1v) is 9.38. The first kappa shape index (κ1) is 20.9. The van der Waals surface area contributed by atoms with E-state index >= 15 is 0 Å². The zero-order chi connectivity index (χ0) is 20.2. The molecule has 0 amide bonds. The average molecular weight is 397 g/mol. The number of hydrogen-bond donors (Lipinski definition) is 0. The Labute approximate surface area is 155 Å². The highest BCUT2D eigenvalue weighted by Gasteiger charge is 2.36. The third kappa shape index (κ3) is 5.51. The Bertz CT molecular complexity index is 1020. The molecule has 0 aliphatic heterocycles. The van der Waals surface area contributed by atoms with Gasteiger partial charge in [0.2, 0.25) is 0 Å². The van der Waals surface area contributed by atoms with Gasteiger partial charge in [0.1, 0.15) is 0 Å². The molecule has 2 aromatic carbocycles. The van der Waals surface area contributed by atoms with Crippen LogP contribution < -0.4 is 4.57 Å². The second-order valence-corrected chi connectivity index (χ2v) is 7.38. The van der Waals surface area contributed by atoms with Crippen LogP contribution in [0, 0.1) is 6.92 Å². The number of nitrogens with zero attached hydrogens (tertiary/aromatic N) is 1. The summed E-state index contributed by atoms with van der Waals surface area (Å²) in [5.41, 5.74) is -3.01. The van der Waals surface area contributed by atoms with Gasteiger partial charge in [-0.3, -0.25) is 0 Å². The van der Waals surface area contributed by atoms with Crippen LogP contribution in [0.25, 0.3) is 10.8 Å². The van der Waals surface area contributed by atoms with Gasteiger partial charge in [0.25, 0.3) is 0 Å². The second-order valence-electron chi connectivity index (χ2n) is 6.01. The Balaban J connectivity index is 0.000000279. The number of halogens is 3. The molecular formula is C19H18F3NO3S. The Kier molecular flexibility index (Phi) is 6.22. The van der Waals surface area contributed by atoms with Crippen LogP contribution in [0.5, 0.6) is 0 Å². The fourth-order valence-electron chi connectivity index (χ4n) is 2.47. The molecule has 0 bridgehead atoms. The highest BCUT2D eigenvalue weighted by Crippen LogP contribution is 2.20. The van der Waals surface area contributed by atoms with Gasteiger partial charge < -0.3 is 4.55 Å². The minimum Gasteiger partial charge on any atom is -0.741 e. The SMILES string of the molecule is Cc1ccc2c[n+](C(C)c3ccccc3)ccc2c1.O=S(=O)([O-])C(F)(F)F. The van der Waals surface area contributed by atoms with E-state index in [0.717, 1.165) is 0 Å². The standard InChI is InChI=1S/C18H18N.CHF3O3S/c1-14-8-9-18-13-19(11-10-17(18)12-14)15(2)16-6-4-3-5-7-16;2-1(3,4)8(5,6)7/h3-13,15H,1-2H3;(H,5,6,7)/q+1;/p-1. The predicted octanol–water partition coefficient (Wildman–Crippen LogP) is 4.10. The first-order chi connectivity index (χ1) is 12.5. The van der Waals surface area contributed by atoms with Crippen molar-refractivity contribution >= 4 is 20.9 Å². The zero-order valence-corrected chi connectivity index (χ0v) is 15.5. The molecule has 27 heavy (non-hydrogen) atoms. The molecule has 4 nitrogen and oxygen atoms in total. The maximum absolute atomic E-state index is 10.7. The molecule has 1 aromatic heterocycles. The molecule has 8 heteroatoms. The molecule has 1 heterocycles. The summed E-state index contributed by atoms with van der Waals surface area (Å²) in [7, 11) is -6.09. The summed E-state index contributed by atoms with van der Waals surface area (Å²) < 4.78 is 61.2. The van der Waals surface area contributed by atoms with E-state index < -0.39 is 15.6 Å². The maximum atomic E-state index is 10.7. The molecule has 0 radical (unpaired) electrons. The summed E-state index contributed by atoms with van der Waals surface area (Å²) in [6, 6.07) is 19.7. The lowest BCUT2D eigenvalue weighted by atomic mass is 10.1. The normalized spacial score (nSPS) is 13.0. The van der Waals surface area contributed by atoms with E-state index in [9.17, 15) is 13.2 Å². The van der Waals surface area contributed by atoms with Crippen molar-refractivity contribution in [3.8, 4) is 0 Å². The van der Waals surface area contributed by atoms with Crippen molar-refractivity contribution in [3.05, 3.63) is 78.1 Å². The summed E-state index contributed by atoms with van der Waals surface area (Å²) in [5, 5.41) is 2.59. The molecule has 144 valence electrons. The van der Waals surface area contributed by atoms with Crippen molar-refractivity contribution in [2.45, 2.75) is 25.4 Å². The van der Waals surface area contributed by atoms with Crippen LogP contribution in [0.4, 0.5) is 13.2 Å². The molecule has 0 fully saturated rings. The quantitative estimate of drug-likeness (QED) is 0.372. The van der Waals surface area contributed by atoms with Crippen molar-refractivity contribution in [3.63, 3.8) is 0 Å². The first-order valence-electron chi connectivity index (χ1n) is 7.97. The van der Waals surface area contributed by atoms with Gasteiger partial charge in [-0.2, -0.15) is 17.7 Å². The van der Waals surface area contributed by atoms with Gasteiger partial charge >= 0.3 is 5.51 Å². The number of hydrogen-bond acceptors (Lipinski definition) is 3. The van der Waals surface area contributed by atoms with Crippen LogP contribution in [0.1, 0.15) is 24.1 Å². The Morgan fingerprint density at radius 1 is 1.00 bits per heavy atom. The summed E-state index contributed by atoms with van der Waals surface area (Å²) >= 11 is 0. The van der Waals surface area contributed by atoms with Gasteiger partial charge in [0, 0.05) is 23.9 Å². The minimum absolute atomic E-state index is 0.354. The summed E-state index contributed by atoms with van der Waals surface area (Å²) in [6.07, 6.45) is 4.39. The number of aryl methyl sites for hydroxylation is 1. The zero-order valence-electron chi connectivity index (χ0n) is 14.6. The molecular weight excluding hydrogens is 379 g/mol. The molecule has 0 saturated carbocycles. The van der Waals surface area contributed by atoms with E-state index in [1.54, 1.807) is 0 Å². The predicted molar refractivity (Wildman–Crippen MR) is 94.9 cm³/mol. The van der Waals surface area contributed by atoms with Crippen LogP contribution in [-0.2, 0) is 10.1 Å². The Morgan fingerprint density at radius 3 is 2.15 bits per heavy atom. The lowest BCUT2D eigenvalue weighted by molar-refractivity contribution is -0.709. The van der Waals surface area contributed by atoms with Crippen LogP contribution in [0.15, 0.2) is 67.0 Å². The summed E-state index contributed by atoms with van der Waals surface area (Å²) in [5.74, 6) is 0. The number of rotatable bonds is 2. The van der Waals surface area contributed by atoms with E-state index in [1.165, 1.54) is 21.9 Å². The van der Waals surface area contributed by atoms with E-state index in [0.29, 0.717) is 6.04 Å². The van der Waals surface area contributed by atoms with Gasteiger partial charge in [-0.25, -0.2) is 8.42 Å². The van der Waals surface area contributed by atoms with Crippen molar-refractivity contribution < 1.29 is 30.7 Å². The van der Waals surface area contributed by atoms with Gasteiger partial charge in [0.05, 0.1) is 0 Å². The largest absolute Gasteiger partial charge is 0.741 e. The number of pyridine rings is 1. The monoisotopic (exact) mass is 397 g/mol. The molecule has 0 aliphatic rings. The fraction of sp³-hybridized carbons (Fsp3) is 0.211. The van der Waals surface area contributed by atoms with Gasteiger partial charge in [0.15, 0.2) is 28.6 Å². The number of aromatic nitrogens is 1. The third-order valence-corrected chi connectivity index (χ3v) is 4.54. The molecule has 1 atom stereocenters. The lowest BCUT2D eigenvalue weighted by Gasteiger charge is -2.08. The van der Waals surface area contributed by atoms with Crippen molar-refractivity contribution in [2.75, 3.05) is 0 Å². The number of alkyl halides is 3. The lowest BCUT2D eigenvalue weighted by Crippen LogP contribution is -2.37. The van der Waals surface area contributed by atoms with Gasteiger partial charge in [-0.15, -0.1) is 0 Å². The smallest absolute Gasteiger partial charge is 0.485 e. The van der Waals surface area contributed by atoms with Crippen LogP contribution >= 0.6 is 0 Å². The summed E-state index contributed by atoms with van der Waals surface area (Å²) in [6.45, 7) is 4.36. The van der Waals surface area contributed by atoms with Crippen LogP contribution in [0.3, 0.4) is 0 Å². The third-order valence-electron chi connectivity index (χ3n) is 3.97. The maximum Gasteiger partial charge on any atom is 0.485 e. The van der Waals surface area contributed by atoms with Gasteiger partial charge in [-0.05, 0) is 18.4 Å². The van der Waals surface area contributed by atoms with E-state index in [1.807, 2.05) is 0 Å². The van der Waals surface area contributed by atoms with Gasteiger partial charge in [-0.1, -0.05) is 48.0 Å². The van der Waals surface area contributed by atoms with Crippen LogP contribution in [0.2, 0.25) is 0 Å². The fourth-order valence-corrected chi connectivity index (χ4v) is 2.47. The van der Waals surface area contributed by atoms with Crippen LogP contribution in [-0.4, -0.2) is 18.5 Å². The Morgan fingerprint density at radius 2 is 1.59 bits per heavy atom. The van der Waals surface area contributed by atoms with Crippen molar-refractivity contribution in [2.24, 2.45) is 0 Å². The topological polar surface area (TPSA) is 61.1 Å². The second kappa shape index (κ2) is 8.06. The molecule has 1 unspecified atom stereocenters. The van der Waals surface area contributed by atoms with E-state index in [-0.39, 0.29) is 0 Å². The molecule has 0 N–H and O–H groups in total. The van der Waals surface area contributed by atoms with Crippen molar-refractivity contribution in [1.29, 1.82) is 0 Å². The van der Waals surface area contributed by atoms with Crippen molar-refractivity contribution in [1.82, 2.24) is 0 Å². The highest BCUT2D eigenvalue weighted by molar-refractivity contribution is 7.86. The number of benzene rings is 2. The number of fused-ring (bicyclic) bond motifs is 1. The van der Waals surface area contributed by atoms with E-state index in [4.69, 9.17) is 13.0 Å². The van der Waals surface area contributed by atoms with E-state index in [2.05, 4.69) is 85.4 Å².